The highest BCUT2D eigenvalue weighted by Crippen LogP contribution is 2.13. The van der Waals surface area contributed by atoms with Crippen molar-refractivity contribution in [2.45, 2.75) is 25.4 Å². The number of nitrogens with one attached hydrogen (secondary N) is 1. The molecule has 0 bridgehead atoms. The van der Waals surface area contributed by atoms with Crippen LogP contribution >= 0.6 is 0 Å². The SMILES string of the molecule is NC1CCN(CC(=O)NCc2cccc([N+](=O)[O-])c2)CC1. The number of carbonyl (C=O) groups excluding carboxylic acids is 1. The van der Waals surface area contributed by atoms with Crippen molar-refractivity contribution in [2.75, 3.05) is 19.6 Å². The van der Waals surface area contributed by atoms with E-state index < -0.39 is 4.92 Å². The Kier molecular flexibility index (Phi) is 5.24. The minimum absolute atomic E-state index is 0.0340. The van der Waals surface area contributed by atoms with E-state index in [0.717, 1.165) is 31.5 Å². The summed E-state index contributed by atoms with van der Waals surface area (Å²) >= 11 is 0. The lowest BCUT2D eigenvalue weighted by Crippen LogP contribution is -2.44. The Bertz CT molecular complexity index is 513. The van der Waals surface area contributed by atoms with Gasteiger partial charge in [0.15, 0.2) is 0 Å². The fourth-order valence-corrected chi connectivity index (χ4v) is 2.35. The van der Waals surface area contributed by atoms with Crippen molar-refractivity contribution in [3.63, 3.8) is 0 Å². The van der Waals surface area contributed by atoms with Crippen LogP contribution in [0.5, 0.6) is 0 Å². The summed E-state index contributed by atoms with van der Waals surface area (Å²) in [6.45, 7) is 2.33. The Hall–Kier alpha value is -1.99. The van der Waals surface area contributed by atoms with Crippen molar-refractivity contribution in [3.05, 3.63) is 39.9 Å². The molecule has 1 heterocycles. The zero-order valence-corrected chi connectivity index (χ0v) is 11.8. The molecule has 7 heteroatoms. The van der Waals surface area contributed by atoms with Gasteiger partial charge in [0.2, 0.25) is 5.91 Å². The predicted molar refractivity (Wildman–Crippen MR) is 78.6 cm³/mol. The molecule has 21 heavy (non-hydrogen) atoms. The third-order valence-corrected chi connectivity index (χ3v) is 3.61. The Morgan fingerprint density at radius 2 is 2.14 bits per heavy atom. The average Bonchev–Trinajstić information content (AvgIpc) is 2.48. The highest BCUT2D eigenvalue weighted by Gasteiger charge is 2.18. The minimum Gasteiger partial charge on any atom is -0.351 e. The Labute approximate surface area is 123 Å². The van der Waals surface area contributed by atoms with Crippen LogP contribution < -0.4 is 11.1 Å². The normalized spacial score (nSPS) is 16.6. The first-order valence-corrected chi connectivity index (χ1v) is 7.02. The van der Waals surface area contributed by atoms with E-state index in [-0.39, 0.29) is 17.6 Å². The maximum absolute atomic E-state index is 11.9. The number of hydrogen-bond donors (Lipinski definition) is 2. The molecule has 0 saturated carbocycles. The summed E-state index contributed by atoms with van der Waals surface area (Å²) in [7, 11) is 0. The fraction of sp³-hybridized carbons (Fsp3) is 0.500. The molecule has 0 spiro atoms. The van der Waals surface area contributed by atoms with Gasteiger partial charge in [-0.3, -0.25) is 19.8 Å². The number of non-ortho nitro benzene ring substituents is 1. The number of amides is 1. The molecule has 3 N–H and O–H groups in total. The van der Waals surface area contributed by atoms with Gasteiger partial charge >= 0.3 is 0 Å². The molecule has 1 aliphatic heterocycles. The van der Waals surface area contributed by atoms with Crippen LogP contribution in [0.4, 0.5) is 5.69 Å². The summed E-state index contributed by atoms with van der Waals surface area (Å²) in [6, 6.07) is 6.52. The minimum atomic E-state index is -0.442. The Morgan fingerprint density at radius 3 is 2.81 bits per heavy atom. The molecule has 1 fully saturated rings. The first-order chi connectivity index (χ1) is 10.0. The van der Waals surface area contributed by atoms with Crippen molar-refractivity contribution < 1.29 is 9.72 Å². The van der Waals surface area contributed by atoms with Crippen LogP contribution in [-0.4, -0.2) is 41.4 Å². The summed E-state index contributed by atoms with van der Waals surface area (Å²) in [5, 5.41) is 13.5. The van der Waals surface area contributed by atoms with E-state index in [9.17, 15) is 14.9 Å². The van der Waals surface area contributed by atoms with Gasteiger partial charge in [0, 0.05) is 37.8 Å². The van der Waals surface area contributed by atoms with Gasteiger partial charge < -0.3 is 11.1 Å². The third-order valence-electron chi connectivity index (χ3n) is 3.61. The van der Waals surface area contributed by atoms with Crippen LogP contribution in [0.25, 0.3) is 0 Å². The Morgan fingerprint density at radius 1 is 1.43 bits per heavy atom. The molecule has 2 rings (SSSR count). The number of nitro benzene ring substituents is 1. The van der Waals surface area contributed by atoms with Crippen molar-refractivity contribution >= 4 is 11.6 Å². The number of nitrogens with zero attached hydrogens (tertiary/aromatic N) is 2. The van der Waals surface area contributed by atoms with Crippen LogP contribution in [-0.2, 0) is 11.3 Å². The lowest BCUT2D eigenvalue weighted by molar-refractivity contribution is -0.384. The number of hydrogen-bond acceptors (Lipinski definition) is 5. The average molecular weight is 292 g/mol. The van der Waals surface area contributed by atoms with Crippen molar-refractivity contribution in [1.82, 2.24) is 10.2 Å². The molecule has 1 aromatic rings. The number of likely N-dealkylation sites (tertiary alicyclic amines) is 1. The number of piperidine rings is 1. The molecule has 0 unspecified atom stereocenters. The third kappa shape index (κ3) is 4.80. The first-order valence-electron chi connectivity index (χ1n) is 7.02. The van der Waals surface area contributed by atoms with Gasteiger partial charge in [-0.2, -0.15) is 0 Å². The number of benzene rings is 1. The fourth-order valence-electron chi connectivity index (χ4n) is 2.35. The smallest absolute Gasteiger partial charge is 0.269 e. The summed E-state index contributed by atoms with van der Waals surface area (Å²) in [4.78, 5) is 24.2. The van der Waals surface area contributed by atoms with E-state index in [1.807, 2.05) is 0 Å². The summed E-state index contributed by atoms with van der Waals surface area (Å²) in [5.41, 5.74) is 6.57. The molecule has 7 nitrogen and oxygen atoms in total. The quantitative estimate of drug-likeness (QED) is 0.612. The standard InChI is InChI=1S/C14H20N4O3/c15-12-4-6-17(7-5-12)10-14(19)16-9-11-2-1-3-13(8-11)18(20)21/h1-3,8,12H,4-7,9-10,15H2,(H,16,19). The first kappa shape index (κ1) is 15.4. The molecule has 0 atom stereocenters. The zero-order chi connectivity index (χ0) is 15.2. The van der Waals surface area contributed by atoms with Crippen LogP contribution in [0, 0.1) is 10.1 Å². The van der Waals surface area contributed by atoms with E-state index in [1.165, 1.54) is 12.1 Å². The van der Waals surface area contributed by atoms with E-state index >= 15 is 0 Å². The van der Waals surface area contributed by atoms with Crippen LogP contribution in [0.15, 0.2) is 24.3 Å². The van der Waals surface area contributed by atoms with E-state index in [1.54, 1.807) is 12.1 Å². The number of carbonyl (C=O) groups is 1. The molecule has 1 aliphatic rings. The monoisotopic (exact) mass is 292 g/mol. The number of nitro groups is 1. The van der Waals surface area contributed by atoms with Crippen molar-refractivity contribution in [1.29, 1.82) is 0 Å². The van der Waals surface area contributed by atoms with Gasteiger partial charge in [-0.15, -0.1) is 0 Å². The molecule has 0 aliphatic carbocycles. The summed E-state index contributed by atoms with van der Waals surface area (Å²) in [6.07, 6.45) is 1.83. The van der Waals surface area contributed by atoms with Gasteiger partial charge in [-0.1, -0.05) is 12.1 Å². The second kappa shape index (κ2) is 7.14. The summed E-state index contributed by atoms with van der Waals surface area (Å²) < 4.78 is 0. The molecular weight excluding hydrogens is 272 g/mol. The number of rotatable bonds is 5. The highest BCUT2D eigenvalue weighted by molar-refractivity contribution is 5.78. The molecule has 1 amide bonds. The van der Waals surface area contributed by atoms with E-state index in [4.69, 9.17) is 5.73 Å². The van der Waals surface area contributed by atoms with Gasteiger partial charge in [0.25, 0.3) is 5.69 Å². The molecular formula is C14H20N4O3. The van der Waals surface area contributed by atoms with Gasteiger partial charge in [0.1, 0.15) is 0 Å². The lowest BCUT2D eigenvalue weighted by Gasteiger charge is -2.29. The van der Waals surface area contributed by atoms with Crippen molar-refractivity contribution in [2.24, 2.45) is 5.73 Å². The van der Waals surface area contributed by atoms with Crippen LogP contribution in [0.1, 0.15) is 18.4 Å². The second-order valence-electron chi connectivity index (χ2n) is 5.32. The lowest BCUT2D eigenvalue weighted by atomic mass is 10.1. The van der Waals surface area contributed by atoms with Gasteiger partial charge in [-0.05, 0) is 18.4 Å². The van der Waals surface area contributed by atoms with Crippen LogP contribution in [0.3, 0.4) is 0 Å². The summed E-state index contributed by atoms with van der Waals surface area (Å²) in [5.74, 6) is -0.0722. The molecule has 1 aromatic carbocycles. The molecule has 114 valence electrons. The van der Waals surface area contributed by atoms with Crippen LogP contribution in [0.2, 0.25) is 0 Å². The highest BCUT2D eigenvalue weighted by atomic mass is 16.6. The number of nitrogens with two attached hydrogens (primary N) is 1. The van der Waals surface area contributed by atoms with E-state index in [0.29, 0.717) is 13.1 Å². The topological polar surface area (TPSA) is 102 Å². The molecule has 0 radical (unpaired) electrons. The Balaban J connectivity index is 1.78. The molecule has 1 saturated heterocycles. The molecule has 0 aromatic heterocycles. The maximum atomic E-state index is 11.9. The zero-order valence-electron chi connectivity index (χ0n) is 11.8. The van der Waals surface area contributed by atoms with Crippen molar-refractivity contribution in [3.8, 4) is 0 Å². The maximum Gasteiger partial charge on any atom is 0.269 e. The van der Waals surface area contributed by atoms with E-state index in [2.05, 4.69) is 10.2 Å². The van der Waals surface area contributed by atoms with Gasteiger partial charge in [-0.25, -0.2) is 0 Å². The van der Waals surface area contributed by atoms with Gasteiger partial charge in [0.05, 0.1) is 11.5 Å². The largest absolute Gasteiger partial charge is 0.351 e. The predicted octanol–water partition coefficient (Wildman–Crippen LogP) is 0.634. The second-order valence-corrected chi connectivity index (χ2v) is 5.32.